The molecule has 3 N–H and O–H groups in total. The Morgan fingerprint density at radius 3 is 2.63 bits per heavy atom. The summed E-state index contributed by atoms with van der Waals surface area (Å²) in [5.74, 6) is -1.47. The van der Waals surface area contributed by atoms with Crippen LogP contribution < -0.4 is 10.9 Å². The van der Waals surface area contributed by atoms with Crippen molar-refractivity contribution >= 4 is 28.6 Å². The molecule has 30 heavy (non-hydrogen) atoms. The number of nitrogens with zero attached hydrogens (tertiary/aromatic N) is 2. The number of fused-ring (bicyclic) bond motifs is 1. The number of hydrogen-bond acceptors (Lipinski definition) is 4. The summed E-state index contributed by atoms with van der Waals surface area (Å²) in [6.07, 6.45) is 2.93. The van der Waals surface area contributed by atoms with Gasteiger partial charge in [-0.15, -0.1) is 0 Å². The minimum Gasteiger partial charge on any atom is -0.481 e. The highest BCUT2D eigenvalue weighted by Gasteiger charge is 2.20. The number of carboxylic acid groups (broad SMARTS) is 1. The number of H-pyrrole nitrogens is 1. The van der Waals surface area contributed by atoms with Gasteiger partial charge in [0.1, 0.15) is 5.56 Å². The lowest BCUT2D eigenvalue weighted by Gasteiger charge is -2.18. The number of aromatic amines is 1. The van der Waals surface area contributed by atoms with Gasteiger partial charge in [-0.25, -0.2) is 4.98 Å². The highest BCUT2D eigenvalue weighted by Crippen LogP contribution is 2.28. The molecule has 0 aliphatic carbocycles. The van der Waals surface area contributed by atoms with E-state index in [1.165, 1.54) is 12.3 Å². The summed E-state index contributed by atoms with van der Waals surface area (Å²) >= 11 is 0. The van der Waals surface area contributed by atoms with Crippen LogP contribution in [0.2, 0.25) is 0 Å². The van der Waals surface area contributed by atoms with Gasteiger partial charge in [0.25, 0.3) is 11.5 Å². The smallest absolute Gasteiger partial charge is 0.305 e. The maximum Gasteiger partial charge on any atom is 0.305 e. The maximum atomic E-state index is 12.5. The SMILES string of the molecule is O=C(O)CC(c1ccccc1)n1cnc2ccc(NC(=O)c3ccc[nH]c3=O)cc21. The van der Waals surface area contributed by atoms with E-state index < -0.39 is 23.5 Å². The molecule has 0 saturated heterocycles. The van der Waals surface area contributed by atoms with E-state index in [1.54, 1.807) is 35.2 Å². The first-order valence-electron chi connectivity index (χ1n) is 9.25. The Balaban J connectivity index is 1.72. The number of aromatic nitrogens is 3. The number of amides is 1. The van der Waals surface area contributed by atoms with Crippen molar-refractivity contribution < 1.29 is 14.7 Å². The molecule has 1 amide bonds. The molecular formula is C22H18N4O4. The number of carbonyl (C=O) groups is 2. The molecule has 150 valence electrons. The fourth-order valence-electron chi connectivity index (χ4n) is 3.37. The number of anilines is 1. The lowest BCUT2D eigenvalue weighted by molar-refractivity contribution is -0.137. The molecule has 2 aromatic carbocycles. The standard InChI is InChI=1S/C22H18N4O4/c27-20(28)12-18(14-5-2-1-3-6-14)26-13-24-17-9-8-15(11-19(17)26)25-22(30)16-7-4-10-23-21(16)29/h1-11,13,18H,12H2,(H,23,29)(H,25,30)(H,27,28). The van der Waals surface area contributed by atoms with E-state index in [0.29, 0.717) is 16.7 Å². The molecule has 0 aliphatic rings. The van der Waals surface area contributed by atoms with Crippen LogP contribution in [0.25, 0.3) is 11.0 Å². The Morgan fingerprint density at radius 2 is 1.90 bits per heavy atom. The van der Waals surface area contributed by atoms with Gasteiger partial charge in [-0.2, -0.15) is 0 Å². The third-order valence-electron chi connectivity index (χ3n) is 4.78. The first-order chi connectivity index (χ1) is 14.5. The molecule has 1 atom stereocenters. The molecule has 1 unspecified atom stereocenters. The first-order valence-corrected chi connectivity index (χ1v) is 9.25. The van der Waals surface area contributed by atoms with E-state index >= 15 is 0 Å². The van der Waals surface area contributed by atoms with Gasteiger partial charge in [-0.3, -0.25) is 14.4 Å². The van der Waals surface area contributed by atoms with E-state index in [-0.39, 0.29) is 12.0 Å². The third-order valence-corrected chi connectivity index (χ3v) is 4.78. The van der Waals surface area contributed by atoms with Crippen molar-refractivity contribution in [3.63, 3.8) is 0 Å². The van der Waals surface area contributed by atoms with Gasteiger partial charge >= 0.3 is 5.97 Å². The largest absolute Gasteiger partial charge is 0.481 e. The zero-order valence-corrected chi connectivity index (χ0v) is 15.8. The van der Waals surface area contributed by atoms with Crippen LogP contribution in [0.15, 0.2) is 78.0 Å². The zero-order valence-electron chi connectivity index (χ0n) is 15.8. The molecule has 0 spiro atoms. The van der Waals surface area contributed by atoms with Crippen LogP contribution in [0.1, 0.15) is 28.4 Å². The second kappa shape index (κ2) is 8.04. The van der Waals surface area contributed by atoms with Crippen molar-refractivity contribution in [2.75, 3.05) is 5.32 Å². The minimum absolute atomic E-state index is 0.000793. The second-order valence-corrected chi connectivity index (χ2v) is 6.75. The Hall–Kier alpha value is -4.20. The van der Waals surface area contributed by atoms with Crippen LogP contribution >= 0.6 is 0 Å². The summed E-state index contributed by atoms with van der Waals surface area (Å²) in [5.41, 5.74) is 2.16. The van der Waals surface area contributed by atoms with E-state index in [9.17, 15) is 19.5 Å². The minimum atomic E-state index is -0.932. The number of benzene rings is 2. The predicted molar refractivity (Wildman–Crippen MR) is 112 cm³/mol. The quantitative estimate of drug-likeness (QED) is 0.458. The fourth-order valence-corrected chi connectivity index (χ4v) is 3.37. The van der Waals surface area contributed by atoms with Gasteiger partial charge in [0.15, 0.2) is 0 Å². The van der Waals surface area contributed by atoms with Crippen molar-refractivity contribution in [1.82, 2.24) is 14.5 Å². The molecule has 0 fully saturated rings. The molecule has 0 radical (unpaired) electrons. The molecule has 8 nitrogen and oxygen atoms in total. The Labute approximate surface area is 170 Å². The summed E-state index contributed by atoms with van der Waals surface area (Å²) in [6, 6.07) is 17.0. The summed E-state index contributed by atoms with van der Waals surface area (Å²) in [4.78, 5) is 42.6. The summed E-state index contributed by atoms with van der Waals surface area (Å²) in [6.45, 7) is 0. The van der Waals surface area contributed by atoms with Crippen molar-refractivity contribution in [3.8, 4) is 0 Å². The van der Waals surface area contributed by atoms with Gasteiger partial charge in [0.05, 0.1) is 29.8 Å². The number of pyridine rings is 1. The molecule has 0 bridgehead atoms. The lowest BCUT2D eigenvalue weighted by atomic mass is 10.0. The molecular weight excluding hydrogens is 384 g/mol. The molecule has 2 aromatic heterocycles. The summed E-state index contributed by atoms with van der Waals surface area (Å²) in [7, 11) is 0. The van der Waals surface area contributed by atoms with Gasteiger partial charge in [-0.1, -0.05) is 30.3 Å². The average Bonchev–Trinajstić information content (AvgIpc) is 3.16. The predicted octanol–water partition coefficient (Wildman–Crippen LogP) is 3.04. The summed E-state index contributed by atoms with van der Waals surface area (Å²) in [5, 5.41) is 12.1. The van der Waals surface area contributed by atoms with E-state index in [2.05, 4.69) is 15.3 Å². The number of carbonyl (C=O) groups excluding carboxylic acids is 1. The van der Waals surface area contributed by atoms with Crippen LogP contribution in [0.5, 0.6) is 0 Å². The zero-order chi connectivity index (χ0) is 21.1. The van der Waals surface area contributed by atoms with Gasteiger partial charge in [0.2, 0.25) is 0 Å². The van der Waals surface area contributed by atoms with Crippen LogP contribution in [0, 0.1) is 0 Å². The van der Waals surface area contributed by atoms with E-state index in [1.807, 2.05) is 30.3 Å². The molecule has 4 rings (SSSR count). The van der Waals surface area contributed by atoms with Gasteiger partial charge in [0, 0.05) is 11.9 Å². The Kier molecular flexibility index (Phi) is 5.13. The number of hydrogen-bond donors (Lipinski definition) is 3. The van der Waals surface area contributed by atoms with Crippen molar-refractivity contribution in [2.24, 2.45) is 0 Å². The molecule has 2 heterocycles. The second-order valence-electron chi connectivity index (χ2n) is 6.75. The molecule has 0 aliphatic heterocycles. The topological polar surface area (TPSA) is 117 Å². The Morgan fingerprint density at radius 1 is 1.10 bits per heavy atom. The van der Waals surface area contributed by atoms with Gasteiger partial charge in [-0.05, 0) is 35.9 Å². The molecule has 8 heteroatoms. The highest BCUT2D eigenvalue weighted by molar-refractivity contribution is 6.04. The highest BCUT2D eigenvalue weighted by atomic mass is 16.4. The van der Waals surface area contributed by atoms with Gasteiger partial charge < -0.3 is 20.0 Å². The third kappa shape index (κ3) is 3.83. The summed E-state index contributed by atoms with van der Waals surface area (Å²) < 4.78 is 1.78. The molecule has 0 saturated carbocycles. The maximum absolute atomic E-state index is 12.5. The van der Waals surface area contributed by atoms with E-state index in [4.69, 9.17) is 0 Å². The normalized spacial score (nSPS) is 11.9. The van der Waals surface area contributed by atoms with Crippen LogP contribution in [0.3, 0.4) is 0 Å². The molecule has 4 aromatic rings. The fraction of sp³-hybridized carbons (Fsp3) is 0.0909. The van der Waals surface area contributed by atoms with E-state index in [0.717, 1.165) is 5.56 Å². The van der Waals surface area contributed by atoms with Crippen molar-refractivity contribution in [3.05, 3.63) is 94.7 Å². The monoisotopic (exact) mass is 402 g/mol. The van der Waals surface area contributed by atoms with Crippen LogP contribution in [0.4, 0.5) is 5.69 Å². The number of aliphatic carboxylic acids is 1. The Bertz CT molecular complexity index is 1280. The van der Waals surface area contributed by atoms with Crippen LogP contribution in [-0.2, 0) is 4.79 Å². The van der Waals surface area contributed by atoms with Crippen molar-refractivity contribution in [2.45, 2.75) is 12.5 Å². The number of nitrogens with one attached hydrogen (secondary N) is 2. The van der Waals surface area contributed by atoms with Crippen LogP contribution in [-0.4, -0.2) is 31.5 Å². The average molecular weight is 402 g/mol. The number of imidazole rings is 1. The first kappa shape index (κ1) is 19.1. The number of rotatable bonds is 6. The number of carboxylic acids is 1. The lowest BCUT2D eigenvalue weighted by Crippen LogP contribution is -2.22. The van der Waals surface area contributed by atoms with Crippen molar-refractivity contribution in [1.29, 1.82) is 0 Å².